The molecule has 1 saturated carbocycles. The van der Waals surface area contributed by atoms with Crippen LogP contribution < -0.4 is 5.32 Å². The maximum atomic E-state index is 13.2. The van der Waals surface area contributed by atoms with Gasteiger partial charge >= 0.3 is 18.1 Å². The third-order valence-corrected chi connectivity index (χ3v) is 8.93. The first-order valence-electron chi connectivity index (χ1n) is 13.3. The van der Waals surface area contributed by atoms with Gasteiger partial charge in [0.1, 0.15) is 0 Å². The molecule has 2 aliphatic rings. The van der Waals surface area contributed by atoms with Crippen LogP contribution in [0.4, 0.5) is 13.2 Å². The number of likely N-dealkylation sites (N-methyl/N-ethyl adjacent to an activating group) is 1. The van der Waals surface area contributed by atoms with Crippen molar-refractivity contribution in [3.8, 4) is 0 Å². The molecule has 1 aliphatic heterocycles. The van der Waals surface area contributed by atoms with E-state index >= 15 is 0 Å². The number of nitrogens with zero attached hydrogens (tertiary/aromatic N) is 2. The molecule has 41 heavy (non-hydrogen) atoms. The average Bonchev–Trinajstić information content (AvgIpc) is 3.72. The average molecular weight is 606 g/mol. The fraction of sp³-hybridized carbons (Fsp3) is 0.593. The second-order valence-corrected chi connectivity index (χ2v) is 12.4. The molecule has 0 aromatic heterocycles. The van der Waals surface area contributed by atoms with Crippen LogP contribution in [0.1, 0.15) is 52.9 Å². The minimum atomic E-state index is -5.16. The van der Waals surface area contributed by atoms with Crippen molar-refractivity contribution < 1.29 is 46.2 Å². The first-order chi connectivity index (χ1) is 19.0. The molecule has 0 radical (unpaired) electrons. The first kappa shape index (κ1) is 34.2. The summed E-state index contributed by atoms with van der Waals surface area (Å²) in [6.45, 7) is 6.05. The predicted octanol–water partition coefficient (Wildman–Crippen LogP) is 3.50. The molecule has 1 unspecified atom stereocenters. The summed E-state index contributed by atoms with van der Waals surface area (Å²) in [6.07, 6.45) is -1.08. The number of hydrogen-bond donors (Lipinski definition) is 3. The molecule has 1 amide bonds. The van der Waals surface area contributed by atoms with Crippen LogP contribution in [-0.2, 0) is 24.4 Å². The van der Waals surface area contributed by atoms with Crippen molar-refractivity contribution in [2.75, 3.05) is 20.1 Å². The lowest BCUT2D eigenvalue weighted by atomic mass is 10.00. The van der Waals surface area contributed by atoms with E-state index in [1.54, 1.807) is 28.6 Å². The number of alkyl halides is 3. The van der Waals surface area contributed by atoms with E-state index in [1.807, 2.05) is 18.0 Å². The number of hydrogen-bond acceptors (Lipinski definition) is 6. The topological polar surface area (TPSA) is 144 Å². The van der Waals surface area contributed by atoms with E-state index in [2.05, 4.69) is 19.2 Å². The Morgan fingerprint density at radius 1 is 1.00 bits per heavy atom. The SMILES string of the molecule is C/C(C(=O)O)=C(\C(=O)O)C(F)(F)F.CNC(CC(C)C)C(=O)N1CCC(N(C2CC2)S(=O)(=O)c2ccccc2)CC1. The number of likely N-dealkylation sites (tertiary alicyclic amines) is 1. The van der Waals surface area contributed by atoms with Gasteiger partial charge in [-0.2, -0.15) is 17.5 Å². The van der Waals surface area contributed by atoms with Crippen molar-refractivity contribution in [3.05, 3.63) is 41.5 Å². The van der Waals surface area contributed by atoms with Crippen molar-refractivity contribution in [3.63, 3.8) is 0 Å². The van der Waals surface area contributed by atoms with Gasteiger partial charge in [0.2, 0.25) is 15.9 Å². The van der Waals surface area contributed by atoms with E-state index < -0.39 is 39.3 Å². The number of amides is 1. The zero-order valence-corrected chi connectivity index (χ0v) is 24.3. The van der Waals surface area contributed by atoms with Gasteiger partial charge in [0, 0.05) is 25.2 Å². The maximum Gasteiger partial charge on any atom is 0.423 e. The number of rotatable bonds is 10. The van der Waals surface area contributed by atoms with E-state index in [1.165, 1.54) is 0 Å². The lowest BCUT2D eigenvalue weighted by molar-refractivity contribution is -0.147. The Balaban J connectivity index is 0.000000383. The quantitative estimate of drug-likeness (QED) is 0.344. The highest BCUT2D eigenvalue weighted by Crippen LogP contribution is 2.36. The highest BCUT2D eigenvalue weighted by molar-refractivity contribution is 7.89. The van der Waals surface area contributed by atoms with Crippen LogP contribution in [-0.4, -0.2) is 90.1 Å². The molecular weight excluding hydrogens is 567 g/mol. The Bertz CT molecular complexity index is 1210. The van der Waals surface area contributed by atoms with Crippen molar-refractivity contribution in [1.29, 1.82) is 0 Å². The van der Waals surface area contributed by atoms with Crippen molar-refractivity contribution in [1.82, 2.24) is 14.5 Å². The molecule has 1 saturated heterocycles. The number of nitrogens with one attached hydrogen (secondary N) is 1. The smallest absolute Gasteiger partial charge is 0.423 e. The van der Waals surface area contributed by atoms with E-state index in [4.69, 9.17) is 10.2 Å². The van der Waals surface area contributed by atoms with Gasteiger partial charge in [0.25, 0.3) is 0 Å². The first-order valence-corrected chi connectivity index (χ1v) is 14.8. The standard InChI is InChI=1S/C21H33N3O3S.C6H5F3O4/c1-16(2)15-20(22-3)21(25)23-13-11-18(12-14-23)24(17-9-10-17)28(26,27)19-7-5-4-6-8-19;1-2(4(10)11)3(5(12)13)6(7,8)9/h4-8,16-18,20,22H,9-15H2,1-3H3;1H3,(H,10,11)(H,12,13)/b;3-2-. The summed E-state index contributed by atoms with van der Waals surface area (Å²) >= 11 is 0. The van der Waals surface area contributed by atoms with Gasteiger partial charge in [0.05, 0.1) is 16.5 Å². The van der Waals surface area contributed by atoms with Crippen LogP contribution in [0.25, 0.3) is 0 Å². The zero-order chi connectivity index (χ0) is 31.1. The third-order valence-electron chi connectivity index (χ3n) is 6.91. The fourth-order valence-electron chi connectivity index (χ4n) is 4.71. The molecule has 14 heteroatoms. The number of carboxylic acid groups (broad SMARTS) is 2. The Labute approximate surface area is 238 Å². The Hall–Kier alpha value is -2.97. The molecule has 1 aromatic rings. The summed E-state index contributed by atoms with van der Waals surface area (Å²) in [4.78, 5) is 35.2. The van der Waals surface area contributed by atoms with Crippen molar-refractivity contribution in [2.45, 2.75) is 82.1 Å². The van der Waals surface area contributed by atoms with E-state index in [-0.39, 0.29) is 24.0 Å². The van der Waals surface area contributed by atoms with Crippen molar-refractivity contribution >= 4 is 27.9 Å². The van der Waals surface area contributed by atoms with Gasteiger partial charge in [0.15, 0.2) is 5.57 Å². The van der Waals surface area contributed by atoms with Gasteiger partial charge in [-0.05, 0) is 64.1 Å². The number of piperidine rings is 1. The summed E-state index contributed by atoms with van der Waals surface area (Å²) < 4.78 is 63.9. The van der Waals surface area contributed by atoms with E-state index in [0.717, 1.165) is 19.3 Å². The van der Waals surface area contributed by atoms with Crippen LogP contribution in [0.5, 0.6) is 0 Å². The number of sulfonamides is 1. The zero-order valence-electron chi connectivity index (χ0n) is 23.5. The summed E-state index contributed by atoms with van der Waals surface area (Å²) in [5.41, 5.74) is -3.29. The van der Waals surface area contributed by atoms with Crippen LogP contribution >= 0.6 is 0 Å². The predicted molar refractivity (Wildman–Crippen MR) is 144 cm³/mol. The Morgan fingerprint density at radius 3 is 1.88 bits per heavy atom. The second kappa shape index (κ2) is 14.3. The molecule has 3 N–H and O–H groups in total. The van der Waals surface area contributed by atoms with Gasteiger partial charge in [-0.3, -0.25) is 4.79 Å². The summed E-state index contributed by atoms with van der Waals surface area (Å²) in [6, 6.07) is 8.64. The van der Waals surface area contributed by atoms with Gasteiger partial charge in [-0.15, -0.1) is 0 Å². The Morgan fingerprint density at radius 2 is 1.51 bits per heavy atom. The van der Waals surface area contributed by atoms with Crippen LogP contribution in [0.15, 0.2) is 46.4 Å². The number of carboxylic acids is 2. The molecule has 3 rings (SSSR count). The molecule has 1 atom stereocenters. The number of carbonyl (C=O) groups is 3. The van der Waals surface area contributed by atoms with E-state index in [9.17, 15) is 36.0 Å². The van der Waals surface area contributed by atoms with Gasteiger partial charge < -0.3 is 20.4 Å². The summed E-state index contributed by atoms with van der Waals surface area (Å²) in [7, 11) is -1.66. The molecule has 230 valence electrons. The number of halogens is 3. The highest BCUT2D eigenvalue weighted by atomic mass is 32.2. The molecule has 0 spiro atoms. The molecule has 0 bridgehead atoms. The minimum absolute atomic E-state index is 0.0279. The Kier molecular flexibility index (Phi) is 11.9. The molecule has 2 fully saturated rings. The largest absolute Gasteiger partial charge is 0.478 e. The lowest BCUT2D eigenvalue weighted by Crippen LogP contribution is -2.53. The fourth-order valence-corrected chi connectivity index (χ4v) is 6.66. The molecule has 10 nitrogen and oxygen atoms in total. The summed E-state index contributed by atoms with van der Waals surface area (Å²) in [5.74, 6) is -3.62. The van der Waals surface area contributed by atoms with Crippen LogP contribution in [0.3, 0.4) is 0 Å². The molecule has 1 aliphatic carbocycles. The molecular formula is C27H38F3N3O7S. The third kappa shape index (κ3) is 9.27. The van der Waals surface area contributed by atoms with Crippen LogP contribution in [0, 0.1) is 5.92 Å². The number of aliphatic carboxylic acids is 2. The lowest BCUT2D eigenvalue weighted by Gasteiger charge is -2.39. The number of benzene rings is 1. The second-order valence-electron chi connectivity index (χ2n) is 10.5. The maximum absolute atomic E-state index is 13.2. The minimum Gasteiger partial charge on any atom is -0.478 e. The monoisotopic (exact) mass is 605 g/mol. The normalized spacial score (nSPS) is 17.9. The van der Waals surface area contributed by atoms with Crippen molar-refractivity contribution in [2.24, 2.45) is 5.92 Å². The molecule has 1 aromatic carbocycles. The highest BCUT2D eigenvalue weighted by Gasteiger charge is 2.44. The van der Waals surface area contributed by atoms with E-state index in [0.29, 0.717) is 43.7 Å². The van der Waals surface area contributed by atoms with Crippen LogP contribution in [0.2, 0.25) is 0 Å². The van der Waals surface area contributed by atoms with Gasteiger partial charge in [-0.25, -0.2) is 18.0 Å². The molecule has 1 heterocycles. The number of carbonyl (C=O) groups excluding carboxylic acids is 1. The van der Waals surface area contributed by atoms with Gasteiger partial charge in [-0.1, -0.05) is 32.0 Å². The summed E-state index contributed by atoms with van der Waals surface area (Å²) in [5, 5.41) is 19.4.